The van der Waals surface area contributed by atoms with Gasteiger partial charge in [-0.25, -0.2) is 0 Å². The Morgan fingerprint density at radius 2 is 1.50 bits per heavy atom. The lowest BCUT2D eigenvalue weighted by Gasteiger charge is -2.34. The fourth-order valence-electron chi connectivity index (χ4n) is 3.06. The number of hydrogen-bond donors (Lipinski definition) is 2. The smallest absolute Gasteiger partial charge is 0.255 e. The molecule has 0 spiro atoms. The van der Waals surface area contributed by atoms with E-state index in [0.717, 1.165) is 31.9 Å². The minimum absolute atomic E-state index is 0.189. The van der Waals surface area contributed by atoms with Crippen LogP contribution in [-0.4, -0.2) is 56.5 Å². The maximum absolute atomic E-state index is 12.4. The molecule has 2 aromatic carbocycles. The summed E-state index contributed by atoms with van der Waals surface area (Å²) in [4.78, 5) is 29.0. The number of likely N-dealkylation sites (N-methyl/N-ethyl adjacent to an activating group) is 1. The van der Waals surface area contributed by atoms with E-state index in [4.69, 9.17) is 0 Å². The van der Waals surface area contributed by atoms with E-state index in [1.165, 1.54) is 5.69 Å². The molecule has 2 aromatic rings. The zero-order valence-corrected chi connectivity index (χ0v) is 16.1. The molecule has 6 heteroatoms. The summed E-state index contributed by atoms with van der Waals surface area (Å²) >= 11 is 0. The van der Waals surface area contributed by atoms with Gasteiger partial charge in [-0.3, -0.25) is 9.59 Å². The first kappa shape index (κ1) is 19.6. The highest BCUT2D eigenvalue weighted by Gasteiger charge is 2.14. The van der Waals surface area contributed by atoms with Gasteiger partial charge in [-0.2, -0.15) is 0 Å². The normalized spacial score (nSPS) is 14.4. The van der Waals surface area contributed by atoms with Gasteiger partial charge in [0.15, 0.2) is 0 Å². The van der Waals surface area contributed by atoms with E-state index in [0.29, 0.717) is 17.7 Å². The van der Waals surface area contributed by atoms with Crippen molar-refractivity contribution < 1.29 is 9.59 Å². The number of nitrogens with zero attached hydrogens (tertiary/aromatic N) is 2. The third-order valence-corrected chi connectivity index (χ3v) is 4.81. The molecule has 1 saturated heterocycles. The Balaban J connectivity index is 1.58. The van der Waals surface area contributed by atoms with E-state index >= 15 is 0 Å². The first-order valence-corrected chi connectivity index (χ1v) is 9.41. The van der Waals surface area contributed by atoms with Crippen LogP contribution in [0.3, 0.4) is 0 Å². The van der Waals surface area contributed by atoms with E-state index in [-0.39, 0.29) is 11.8 Å². The number of carbonyl (C=O) groups is 2. The van der Waals surface area contributed by atoms with Crippen LogP contribution >= 0.6 is 0 Å². The highest BCUT2D eigenvalue weighted by atomic mass is 16.2. The number of rotatable bonds is 6. The van der Waals surface area contributed by atoms with Crippen LogP contribution in [0.25, 0.3) is 0 Å². The third-order valence-electron chi connectivity index (χ3n) is 4.81. The number of anilines is 2. The number of hydrogen-bond acceptors (Lipinski definition) is 4. The van der Waals surface area contributed by atoms with Gasteiger partial charge in [-0.15, -0.1) is 6.58 Å². The monoisotopic (exact) mass is 378 g/mol. The first-order valence-electron chi connectivity index (χ1n) is 9.41. The largest absolute Gasteiger partial charge is 0.369 e. The van der Waals surface area contributed by atoms with E-state index in [1.807, 2.05) is 24.3 Å². The molecular formula is C22H26N4O2. The predicted octanol–water partition coefficient (Wildman–Crippen LogP) is 2.61. The van der Waals surface area contributed by atoms with Crippen molar-refractivity contribution in [2.24, 2.45) is 0 Å². The van der Waals surface area contributed by atoms with Gasteiger partial charge in [-0.1, -0.05) is 6.08 Å². The second-order valence-electron chi connectivity index (χ2n) is 6.87. The number of piperazine rings is 1. The van der Waals surface area contributed by atoms with Crippen LogP contribution < -0.4 is 15.5 Å². The molecule has 28 heavy (non-hydrogen) atoms. The van der Waals surface area contributed by atoms with E-state index in [2.05, 4.69) is 34.1 Å². The van der Waals surface area contributed by atoms with Crippen LogP contribution in [0.15, 0.2) is 61.2 Å². The predicted molar refractivity (Wildman–Crippen MR) is 113 cm³/mol. The summed E-state index contributed by atoms with van der Waals surface area (Å²) in [5.74, 6) is -0.392. The first-order chi connectivity index (χ1) is 13.6. The second-order valence-corrected chi connectivity index (χ2v) is 6.87. The summed E-state index contributed by atoms with van der Waals surface area (Å²) in [6, 6.07) is 14.5. The molecule has 6 nitrogen and oxygen atoms in total. The third kappa shape index (κ3) is 4.98. The molecule has 1 heterocycles. The Morgan fingerprint density at radius 1 is 0.929 bits per heavy atom. The zero-order valence-electron chi connectivity index (χ0n) is 16.1. The van der Waals surface area contributed by atoms with E-state index in [1.54, 1.807) is 30.3 Å². The second kappa shape index (κ2) is 9.19. The summed E-state index contributed by atoms with van der Waals surface area (Å²) in [7, 11) is 2.14. The molecule has 0 bridgehead atoms. The fourth-order valence-corrected chi connectivity index (χ4v) is 3.06. The van der Waals surface area contributed by atoms with Gasteiger partial charge < -0.3 is 20.4 Å². The van der Waals surface area contributed by atoms with Gasteiger partial charge in [0, 0.05) is 55.2 Å². The molecule has 1 fully saturated rings. The van der Waals surface area contributed by atoms with Crippen molar-refractivity contribution in [2.75, 3.05) is 50.0 Å². The molecule has 2 N–H and O–H groups in total. The lowest BCUT2D eigenvalue weighted by Crippen LogP contribution is -2.44. The van der Waals surface area contributed by atoms with Crippen LogP contribution in [0, 0.1) is 0 Å². The van der Waals surface area contributed by atoms with Crippen LogP contribution in [0.1, 0.15) is 20.7 Å². The van der Waals surface area contributed by atoms with Crippen molar-refractivity contribution in [1.29, 1.82) is 0 Å². The fraction of sp³-hybridized carbons (Fsp3) is 0.273. The Hall–Kier alpha value is -3.12. The molecule has 2 amide bonds. The number of amides is 2. The molecule has 0 aromatic heterocycles. The Morgan fingerprint density at radius 3 is 2.07 bits per heavy atom. The number of carbonyl (C=O) groups excluding carboxylic acids is 2. The quantitative estimate of drug-likeness (QED) is 0.759. The minimum atomic E-state index is -0.203. The molecule has 0 aliphatic carbocycles. The van der Waals surface area contributed by atoms with Crippen LogP contribution in [0.2, 0.25) is 0 Å². The van der Waals surface area contributed by atoms with Gasteiger partial charge in [-0.05, 0) is 55.6 Å². The van der Waals surface area contributed by atoms with Gasteiger partial charge in [0.05, 0.1) is 0 Å². The summed E-state index contributed by atoms with van der Waals surface area (Å²) in [6.07, 6.45) is 1.62. The average Bonchev–Trinajstić information content (AvgIpc) is 2.73. The summed E-state index contributed by atoms with van der Waals surface area (Å²) in [6.45, 7) is 8.10. The minimum Gasteiger partial charge on any atom is -0.369 e. The number of benzene rings is 2. The standard InChI is InChI=1S/C22H26N4O2/c1-3-12-23-21(27)17-4-6-18(7-5-17)22(28)24-19-8-10-20(11-9-19)26-15-13-25(2)14-16-26/h3-11H,1,12-16H2,2H3,(H,23,27)(H,24,28). The average molecular weight is 378 g/mol. The van der Waals surface area contributed by atoms with Crippen LogP contribution in [-0.2, 0) is 0 Å². The lowest BCUT2D eigenvalue weighted by atomic mass is 10.1. The van der Waals surface area contributed by atoms with Crippen molar-refractivity contribution in [3.8, 4) is 0 Å². The molecule has 0 unspecified atom stereocenters. The van der Waals surface area contributed by atoms with Gasteiger partial charge >= 0.3 is 0 Å². The zero-order chi connectivity index (χ0) is 19.9. The van der Waals surface area contributed by atoms with Gasteiger partial charge in [0.2, 0.25) is 0 Å². The topological polar surface area (TPSA) is 64.7 Å². The van der Waals surface area contributed by atoms with Crippen molar-refractivity contribution in [3.05, 3.63) is 72.3 Å². The molecule has 0 radical (unpaired) electrons. The molecule has 1 aliphatic heterocycles. The van der Waals surface area contributed by atoms with Crippen molar-refractivity contribution in [1.82, 2.24) is 10.2 Å². The highest BCUT2D eigenvalue weighted by molar-refractivity contribution is 6.05. The summed E-state index contributed by atoms with van der Waals surface area (Å²) in [5.41, 5.74) is 2.93. The summed E-state index contributed by atoms with van der Waals surface area (Å²) in [5, 5.41) is 5.61. The van der Waals surface area contributed by atoms with Crippen LogP contribution in [0.5, 0.6) is 0 Å². The Bertz CT molecular complexity index is 823. The van der Waals surface area contributed by atoms with E-state index < -0.39 is 0 Å². The van der Waals surface area contributed by atoms with Crippen molar-refractivity contribution in [2.45, 2.75) is 0 Å². The maximum atomic E-state index is 12.4. The van der Waals surface area contributed by atoms with Crippen molar-refractivity contribution in [3.63, 3.8) is 0 Å². The highest BCUT2D eigenvalue weighted by Crippen LogP contribution is 2.20. The summed E-state index contributed by atoms with van der Waals surface area (Å²) < 4.78 is 0. The van der Waals surface area contributed by atoms with Gasteiger partial charge in [0.1, 0.15) is 0 Å². The van der Waals surface area contributed by atoms with Gasteiger partial charge in [0.25, 0.3) is 11.8 Å². The van der Waals surface area contributed by atoms with Crippen LogP contribution in [0.4, 0.5) is 11.4 Å². The van der Waals surface area contributed by atoms with E-state index in [9.17, 15) is 9.59 Å². The Labute approximate surface area is 165 Å². The maximum Gasteiger partial charge on any atom is 0.255 e. The van der Waals surface area contributed by atoms with Crippen molar-refractivity contribution >= 4 is 23.2 Å². The Kier molecular flexibility index (Phi) is 6.45. The number of nitrogens with one attached hydrogen (secondary N) is 2. The SMILES string of the molecule is C=CCNC(=O)c1ccc(C(=O)Nc2ccc(N3CCN(C)CC3)cc2)cc1. The molecular weight excluding hydrogens is 352 g/mol. The molecule has 146 valence electrons. The molecule has 0 saturated carbocycles. The molecule has 3 rings (SSSR count). The lowest BCUT2D eigenvalue weighted by molar-refractivity contribution is 0.0956. The molecule has 1 aliphatic rings. The molecule has 0 atom stereocenters.